The molecule has 0 aliphatic heterocycles. The van der Waals surface area contributed by atoms with Gasteiger partial charge in [0.2, 0.25) is 0 Å². The molecule has 0 radical (unpaired) electrons. The van der Waals surface area contributed by atoms with E-state index in [1.54, 1.807) is 0 Å². The first-order chi connectivity index (χ1) is 8.22. The van der Waals surface area contributed by atoms with Gasteiger partial charge in [0.1, 0.15) is 11.8 Å². The van der Waals surface area contributed by atoms with E-state index in [1.807, 2.05) is 31.2 Å². The van der Waals surface area contributed by atoms with Crippen molar-refractivity contribution in [1.29, 1.82) is 0 Å². The summed E-state index contributed by atoms with van der Waals surface area (Å²) in [4.78, 5) is 18.6. The van der Waals surface area contributed by atoms with Gasteiger partial charge < -0.3 is 4.84 Å². The Balaban J connectivity index is 2.68. The fraction of sp³-hybridized carbons (Fsp3) is 0.154. The summed E-state index contributed by atoms with van der Waals surface area (Å²) in [5.74, 6) is 0. The number of rotatable bonds is 1. The van der Waals surface area contributed by atoms with Crippen molar-refractivity contribution in [1.82, 2.24) is 4.73 Å². The number of nitrogens with zero attached hydrogens (tertiary/aromatic N) is 1. The normalized spacial score (nSPS) is 11.2. The molecular weight excluding hydrogens is 234 g/mol. The molecule has 2 heterocycles. The van der Waals surface area contributed by atoms with Crippen LogP contribution in [0.2, 0.25) is 0 Å². The summed E-state index contributed by atoms with van der Waals surface area (Å²) in [5.41, 5.74) is 0.726. The van der Waals surface area contributed by atoms with E-state index in [4.69, 9.17) is 4.84 Å². The lowest BCUT2D eigenvalue weighted by Crippen LogP contribution is -2.24. The number of fused-ring (bicyclic) bond motifs is 3. The molecule has 3 aromatic rings. The van der Waals surface area contributed by atoms with E-state index >= 15 is 0 Å². The van der Waals surface area contributed by atoms with Crippen LogP contribution in [0.1, 0.15) is 4.88 Å². The molecule has 0 fully saturated rings. The second kappa shape index (κ2) is 3.60. The van der Waals surface area contributed by atoms with Crippen molar-refractivity contribution in [3.05, 3.63) is 45.6 Å². The monoisotopic (exact) mass is 245 g/mol. The van der Waals surface area contributed by atoms with Crippen molar-refractivity contribution in [2.45, 2.75) is 6.92 Å². The number of pyridine rings is 1. The highest BCUT2D eigenvalue weighted by atomic mass is 32.1. The maximum Gasteiger partial charge on any atom is 0.301 e. The number of aryl methyl sites for hydroxylation is 1. The summed E-state index contributed by atoms with van der Waals surface area (Å²) in [6.45, 7) is 2.01. The fourth-order valence-electron chi connectivity index (χ4n) is 2.13. The summed E-state index contributed by atoms with van der Waals surface area (Å²) in [7, 11) is 1.51. The highest BCUT2D eigenvalue weighted by Gasteiger charge is 2.12. The molecule has 3 rings (SSSR count). The summed E-state index contributed by atoms with van der Waals surface area (Å²) in [6.07, 6.45) is 0. The Morgan fingerprint density at radius 1 is 1.24 bits per heavy atom. The standard InChI is InChI=1S/C13H11NO2S/c1-8-7-10-9-5-3-4-6-11(9)14(16-2)13(15)12(10)17-8/h3-7H,1-2H3. The molecule has 4 heteroatoms. The molecule has 1 aromatic carbocycles. The van der Waals surface area contributed by atoms with Gasteiger partial charge in [0.05, 0.1) is 5.52 Å². The molecule has 3 nitrogen and oxygen atoms in total. The Morgan fingerprint density at radius 2 is 2.00 bits per heavy atom. The Kier molecular flexibility index (Phi) is 2.19. The number of para-hydroxylation sites is 1. The lowest BCUT2D eigenvalue weighted by molar-refractivity contribution is 0.171. The van der Waals surface area contributed by atoms with Gasteiger partial charge in [-0.15, -0.1) is 16.1 Å². The number of hydrogen-bond acceptors (Lipinski definition) is 3. The van der Waals surface area contributed by atoms with Crippen molar-refractivity contribution in [2.24, 2.45) is 0 Å². The van der Waals surface area contributed by atoms with Crippen LogP contribution in [0.15, 0.2) is 35.1 Å². The van der Waals surface area contributed by atoms with Crippen LogP contribution >= 0.6 is 11.3 Å². The minimum Gasteiger partial charge on any atom is -0.413 e. The van der Waals surface area contributed by atoms with Crippen LogP contribution in [0.5, 0.6) is 0 Å². The van der Waals surface area contributed by atoms with Crippen molar-refractivity contribution < 1.29 is 4.84 Å². The van der Waals surface area contributed by atoms with Gasteiger partial charge in [0, 0.05) is 15.6 Å². The lowest BCUT2D eigenvalue weighted by atomic mass is 10.1. The first-order valence-corrected chi connectivity index (χ1v) is 6.12. The van der Waals surface area contributed by atoms with Crippen LogP contribution in [0.4, 0.5) is 0 Å². The second-order valence-electron chi connectivity index (χ2n) is 3.90. The highest BCUT2D eigenvalue weighted by Crippen LogP contribution is 2.28. The molecule has 0 spiro atoms. The van der Waals surface area contributed by atoms with Crippen LogP contribution in [-0.2, 0) is 0 Å². The molecule has 0 unspecified atom stereocenters. The Morgan fingerprint density at radius 3 is 2.76 bits per heavy atom. The number of aromatic nitrogens is 1. The zero-order valence-electron chi connectivity index (χ0n) is 9.56. The van der Waals surface area contributed by atoms with E-state index in [2.05, 4.69) is 6.07 Å². The smallest absolute Gasteiger partial charge is 0.301 e. The van der Waals surface area contributed by atoms with E-state index in [-0.39, 0.29) is 5.56 Å². The second-order valence-corrected chi connectivity index (χ2v) is 5.16. The number of thiophene rings is 1. The zero-order valence-corrected chi connectivity index (χ0v) is 10.4. The van der Waals surface area contributed by atoms with E-state index in [1.165, 1.54) is 23.2 Å². The highest BCUT2D eigenvalue weighted by molar-refractivity contribution is 7.19. The maximum atomic E-state index is 12.2. The van der Waals surface area contributed by atoms with Gasteiger partial charge in [-0.1, -0.05) is 18.2 Å². The Labute approximate surface area is 102 Å². The third-order valence-electron chi connectivity index (χ3n) is 2.83. The topological polar surface area (TPSA) is 31.2 Å². The van der Waals surface area contributed by atoms with E-state index in [0.717, 1.165) is 25.9 Å². The summed E-state index contributed by atoms with van der Waals surface area (Å²) in [5, 5.41) is 2.06. The van der Waals surface area contributed by atoms with Gasteiger partial charge in [-0.25, -0.2) is 0 Å². The van der Waals surface area contributed by atoms with Gasteiger partial charge in [-0.3, -0.25) is 4.79 Å². The largest absolute Gasteiger partial charge is 0.413 e. The predicted octanol–water partition coefficient (Wildman–Crippen LogP) is 2.58. The molecular formula is C13H11NO2S. The minimum absolute atomic E-state index is 0.0840. The number of hydrogen-bond donors (Lipinski definition) is 0. The van der Waals surface area contributed by atoms with Crippen LogP contribution in [-0.4, -0.2) is 11.8 Å². The van der Waals surface area contributed by atoms with Crippen LogP contribution in [0, 0.1) is 6.92 Å². The SMILES string of the molecule is COn1c(=O)c2sc(C)cc2c2ccccc21. The van der Waals surface area contributed by atoms with Crippen molar-refractivity contribution in [3.63, 3.8) is 0 Å². The molecule has 0 bridgehead atoms. The fourth-order valence-corrected chi connectivity index (χ4v) is 3.08. The first kappa shape index (κ1) is 10.4. The van der Waals surface area contributed by atoms with Gasteiger partial charge in [0.25, 0.3) is 0 Å². The third-order valence-corrected chi connectivity index (χ3v) is 3.87. The first-order valence-electron chi connectivity index (χ1n) is 5.31. The van der Waals surface area contributed by atoms with Gasteiger partial charge in [-0.2, -0.15) is 0 Å². The molecule has 0 saturated heterocycles. The minimum atomic E-state index is -0.0840. The molecule has 17 heavy (non-hydrogen) atoms. The zero-order chi connectivity index (χ0) is 12.0. The molecule has 0 saturated carbocycles. The van der Waals surface area contributed by atoms with E-state index in [0.29, 0.717) is 0 Å². The van der Waals surface area contributed by atoms with E-state index < -0.39 is 0 Å². The Bertz CT molecular complexity index is 770. The van der Waals surface area contributed by atoms with Crippen molar-refractivity contribution in [2.75, 3.05) is 7.11 Å². The average Bonchev–Trinajstić information content (AvgIpc) is 2.72. The molecule has 2 aromatic heterocycles. The van der Waals surface area contributed by atoms with Crippen LogP contribution in [0.25, 0.3) is 21.0 Å². The van der Waals surface area contributed by atoms with Gasteiger partial charge in [-0.05, 0) is 19.1 Å². The summed E-state index contributed by atoms with van der Waals surface area (Å²) >= 11 is 1.51. The molecule has 0 N–H and O–H groups in total. The quantitative estimate of drug-likeness (QED) is 0.660. The molecule has 0 aliphatic rings. The van der Waals surface area contributed by atoms with Crippen molar-refractivity contribution >= 4 is 32.3 Å². The third kappa shape index (κ3) is 1.37. The Hall–Kier alpha value is -1.81. The van der Waals surface area contributed by atoms with E-state index in [9.17, 15) is 4.79 Å². The molecule has 86 valence electrons. The lowest BCUT2D eigenvalue weighted by Gasteiger charge is -2.08. The molecule has 0 amide bonds. The molecule has 0 aliphatic carbocycles. The van der Waals surface area contributed by atoms with Crippen LogP contribution < -0.4 is 10.4 Å². The predicted molar refractivity (Wildman–Crippen MR) is 70.8 cm³/mol. The summed E-state index contributed by atoms with van der Waals surface area (Å²) in [6, 6.07) is 9.84. The maximum absolute atomic E-state index is 12.2. The molecule has 0 atom stereocenters. The number of benzene rings is 1. The average molecular weight is 245 g/mol. The van der Waals surface area contributed by atoms with Crippen molar-refractivity contribution in [3.8, 4) is 0 Å². The summed E-state index contributed by atoms with van der Waals surface area (Å²) < 4.78 is 2.11. The van der Waals surface area contributed by atoms with Crippen LogP contribution in [0.3, 0.4) is 0 Å². The van der Waals surface area contributed by atoms with Gasteiger partial charge in [0.15, 0.2) is 0 Å². The van der Waals surface area contributed by atoms with Gasteiger partial charge >= 0.3 is 5.56 Å².